The number of amides is 1. The van der Waals surface area contributed by atoms with E-state index in [1.807, 2.05) is 6.07 Å². The number of nitriles is 1. The number of hydrogen-bond acceptors (Lipinski definition) is 5. The van der Waals surface area contributed by atoms with Crippen molar-refractivity contribution in [2.24, 2.45) is 5.73 Å². The predicted molar refractivity (Wildman–Crippen MR) is 53.8 cm³/mol. The number of aryl methyl sites for hydroxylation is 1. The number of primary amides is 1. The maximum absolute atomic E-state index is 10.8. The highest BCUT2D eigenvalue weighted by atomic mass is 16.1. The Balaban J connectivity index is 2.91. The zero-order chi connectivity index (χ0) is 11.4. The van der Waals surface area contributed by atoms with Crippen molar-refractivity contribution in [3.63, 3.8) is 0 Å². The van der Waals surface area contributed by atoms with Crippen LogP contribution in [0.1, 0.15) is 18.3 Å². The van der Waals surface area contributed by atoms with Gasteiger partial charge in [-0.25, -0.2) is 9.97 Å². The van der Waals surface area contributed by atoms with Gasteiger partial charge in [-0.2, -0.15) is 5.26 Å². The molecule has 1 rings (SSSR count). The standard InChI is InChI=1S/C9H11N5O/c1-5-3-7(4-10)14-9(12-5)13-6(2)8(11)15/h3,6H,1-2H3,(H2,11,15)(H,12,13,14). The molecule has 0 aliphatic heterocycles. The second kappa shape index (κ2) is 4.37. The van der Waals surface area contributed by atoms with Crippen LogP contribution in [0.3, 0.4) is 0 Å². The molecule has 0 spiro atoms. The van der Waals surface area contributed by atoms with E-state index in [4.69, 9.17) is 11.0 Å². The minimum atomic E-state index is -0.571. The van der Waals surface area contributed by atoms with Gasteiger partial charge in [0.15, 0.2) is 0 Å². The van der Waals surface area contributed by atoms with Crippen LogP contribution in [-0.2, 0) is 4.79 Å². The molecule has 1 heterocycles. The summed E-state index contributed by atoms with van der Waals surface area (Å²) in [6.07, 6.45) is 0. The number of aromatic nitrogens is 2. The third kappa shape index (κ3) is 2.91. The molecular formula is C9H11N5O. The summed E-state index contributed by atoms with van der Waals surface area (Å²) in [6.45, 7) is 3.34. The molecule has 6 heteroatoms. The van der Waals surface area contributed by atoms with E-state index in [1.165, 1.54) is 0 Å². The number of anilines is 1. The van der Waals surface area contributed by atoms with E-state index in [-0.39, 0.29) is 11.6 Å². The Kier molecular flexibility index (Phi) is 3.18. The molecule has 3 N–H and O–H groups in total. The van der Waals surface area contributed by atoms with Crippen LogP contribution < -0.4 is 11.1 Å². The van der Waals surface area contributed by atoms with Gasteiger partial charge in [-0.3, -0.25) is 4.79 Å². The highest BCUT2D eigenvalue weighted by molar-refractivity contribution is 5.81. The summed E-state index contributed by atoms with van der Waals surface area (Å²) < 4.78 is 0. The summed E-state index contributed by atoms with van der Waals surface area (Å²) in [6, 6.07) is 2.89. The number of nitrogens with one attached hydrogen (secondary N) is 1. The Bertz CT molecular complexity index is 423. The topological polar surface area (TPSA) is 105 Å². The summed E-state index contributed by atoms with van der Waals surface area (Å²) >= 11 is 0. The molecule has 0 fully saturated rings. The third-order valence-electron chi connectivity index (χ3n) is 1.74. The first-order valence-electron chi connectivity index (χ1n) is 4.34. The second-order valence-electron chi connectivity index (χ2n) is 3.10. The van der Waals surface area contributed by atoms with Gasteiger partial charge in [-0.15, -0.1) is 0 Å². The van der Waals surface area contributed by atoms with E-state index in [0.29, 0.717) is 5.69 Å². The largest absolute Gasteiger partial charge is 0.368 e. The van der Waals surface area contributed by atoms with Crippen molar-refractivity contribution in [1.82, 2.24) is 9.97 Å². The van der Waals surface area contributed by atoms with Crippen LogP contribution in [0.25, 0.3) is 0 Å². The molecule has 0 saturated heterocycles. The van der Waals surface area contributed by atoms with Crippen LogP contribution >= 0.6 is 0 Å². The molecule has 1 amide bonds. The summed E-state index contributed by atoms with van der Waals surface area (Å²) in [5.41, 5.74) is 5.98. The first-order chi connectivity index (χ1) is 7.02. The van der Waals surface area contributed by atoms with E-state index in [2.05, 4.69) is 15.3 Å². The molecule has 1 unspecified atom stereocenters. The highest BCUT2D eigenvalue weighted by Crippen LogP contribution is 2.04. The number of hydrogen-bond donors (Lipinski definition) is 2. The average Bonchev–Trinajstić information content (AvgIpc) is 2.16. The minimum absolute atomic E-state index is 0.234. The summed E-state index contributed by atoms with van der Waals surface area (Å²) in [4.78, 5) is 18.7. The molecule has 1 aromatic rings. The highest BCUT2D eigenvalue weighted by Gasteiger charge is 2.10. The Labute approximate surface area is 87.1 Å². The first kappa shape index (κ1) is 10.9. The summed E-state index contributed by atoms with van der Waals surface area (Å²) in [5, 5.41) is 11.4. The number of carbonyl (C=O) groups excluding carboxylic acids is 1. The number of rotatable bonds is 3. The fourth-order valence-electron chi connectivity index (χ4n) is 0.955. The molecule has 0 aliphatic rings. The van der Waals surface area contributed by atoms with Crippen molar-refractivity contribution in [2.75, 3.05) is 5.32 Å². The predicted octanol–water partition coefficient (Wildman–Crippen LogP) is -0.0576. The first-order valence-corrected chi connectivity index (χ1v) is 4.34. The van der Waals surface area contributed by atoms with Crippen LogP contribution in [0.15, 0.2) is 6.07 Å². The van der Waals surface area contributed by atoms with Gasteiger partial charge < -0.3 is 11.1 Å². The molecule has 15 heavy (non-hydrogen) atoms. The SMILES string of the molecule is Cc1cc(C#N)nc(NC(C)C(N)=O)n1. The monoisotopic (exact) mass is 205 g/mol. The van der Waals surface area contributed by atoms with Gasteiger partial charge in [0.1, 0.15) is 17.8 Å². The molecule has 1 aromatic heterocycles. The van der Waals surface area contributed by atoms with Crippen LogP contribution in [0.5, 0.6) is 0 Å². The van der Waals surface area contributed by atoms with Gasteiger partial charge in [0.25, 0.3) is 0 Å². The van der Waals surface area contributed by atoms with E-state index >= 15 is 0 Å². The lowest BCUT2D eigenvalue weighted by Gasteiger charge is -2.09. The molecule has 78 valence electrons. The lowest BCUT2D eigenvalue weighted by atomic mass is 10.3. The van der Waals surface area contributed by atoms with Crippen LogP contribution in [0.4, 0.5) is 5.95 Å². The quantitative estimate of drug-likeness (QED) is 0.719. The number of nitrogens with zero attached hydrogens (tertiary/aromatic N) is 3. The molecule has 0 aromatic carbocycles. The van der Waals surface area contributed by atoms with Gasteiger partial charge in [0, 0.05) is 5.69 Å². The maximum atomic E-state index is 10.8. The lowest BCUT2D eigenvalue weighted by Crippen LogP contribution is -2.33. The second-order valence-corrected chi connectivity index (χ2v) is 3.10. The molecule has 0 bridgehead atoms. The van der Waals surface area contributed by atoms with Gasteiger partial charge in [-0.1, -0.05) is 0 Å². The maximum Gasteiger partial charge on any atom is 0.239 e. The molecular weight excluding hydrogens is 194 g/mol. The normalized spacial score (nSPS) is 11.5. The van der Waals surface area contributed by atoms with Crippen molar-refractivity contribution >= 4 is 11.9 Å². The Morgan fingerprint density at radius 3 is 2.87 bits per heavy atom. The molecule has 0 aliphatic carbocycles. The lowest BCUT2D eigenvalue weighted by molar-refractivity contribution is -0.118. The number of carbonyl (C=O) groups is 1. The van der Waals surface area contributed by atoms with Crippen LogP contribution in [0.2, 0.25) is 0 Å². The zero-order valence-electron chi connectivity index (χ0n) is 8.48. The zero-order valence-corrected chi connectivity index (χ0v) is 8.48. The van der Waals surface area contributed by atoms with Gasteiger partial charge >= 0.3 is 0 Å². The van der Waals surface area contributed by atoms with Gasteiger partial charge in [0.2, 0.25) is 11.9 Å². The van der Waals surface area contributed by atoms with E-state index in [1.54, 1.807) is 19.9 Å². The average molecular weight is 205 g/mol. The van der Waals surface area contributed by atoms with Gasteiger partial charge in [0.05, 0.1) is 0 Å². The van der Waals surface area contributed by atoms with E-state index < -0.39 is 11.9 Å². The van der Waals surface area contributed by atoms with Crippen molar-refractivity contribution in [2.45, 2.75) is 19.9 Å². The van der Waals surface area contributed by atoms with Crippen molar-refractivity contribution in [3.8, 4) is 6.07 Å². The van der Waals surface area contributed by atoms with Gasteiger partial charge in [-0.05, 0) is 19.9 Å². The van der Waals surface area contributed by atoms with Crippen molar-refractivity contribution in [1.29, 1.82) is 5.26 Å². The molecule has 1 atom stereocenters. The third-order valence-corrected chi connectivity index (χ3v) is 1.74. The molecule has 0 saturated carbocycles. The van der Waals surface area contributed by atoms with Crippen LogP contribution in [-0.4, -0.2) is 21.9 Å². The van der Waals surface area contributed by atoms with Crippen LogP contribution in [0, 0.1) is 18.3 Å². The van der Waals surface area contributed by atoms with Crippen molar-refractivity contribution in [3.05, 3.63) is 17.5 Å². The van der Waals surface area contributed by atoms with E-state index in [0.717, 1.165) is 0 Å². The summed E-state index contributed by atoms with van der Waals surface area (Å²) in [7, 11) is 0. The Morgan fingerprint density at radius 2 is 2.33 bits per heavy atom. The minimum Gasteiger partial charge on any atom is -0.368 e. The Morgan fingerprint density at radius 1 is 1.67 bits per heavy atom. The fourth-order valence-corrected chi connectivity index (χ4v) is 0.955. The number of nitrogens with two attached hydrogens (primary N) is 1. The molecule has 6 nitrogen and oxygen atoms in total. The molecule has 0 radical (unpaired) electrons. The summed E-state index contributed by atoms with van der Waals surface area (Å²) in [5.74, 6) is -0.267. The van der Waals surface area contributed by atoms with E-state index in [9.17, 15) is 4.79 Å². The smallest absolute Gasteiger partial charge is 0.239 e. The van der Waals surface area contributed by atoms with Crippen molar-refractivity contribution < 1.29 is 4.79 Å². The Hall–Kier alpha value is -2.16. The fraction of sp³-hybridized carbons (Fsp3) is 0.333.